The summed E-state index contributed by atoms with van der Waals surface area (Å²) in [5, 5.41) is 10.7. The number of aliphatic hydroxyl groups excluding tert-OH is 1. The van der Waals surface area contributed by atoms with Gasteiger partial charge in [0.05, 0.1) is 5.02 Å². The van der Waals surface area contributed by atoms with E-state index in [0.717, 1.165) is 0 Å². The van der Waals surface area contributed by atoms with E-state index < -0.39 is 12.1 Å². The van der Waals surface area contributed by atoms with Gasteiger partial charge in [-0.3, -0.25) is 0 Å². The quantitative estimate of drug-likeness (QED) is 0.903. The van der Waals surface area contributed by atoms with E-state index in [0.29, 0.717) is 27.6 Å². The number of oxazole rings is 1. The van der Waals surface area contributed by atoms with Crippen LogP contribution in [-0.2, 0) is 0 Å². The molecule has 0 amide bonds. The van der Waals surface area contributed by atoms with Gasteiger partial charge in [-0.2, -0.15) is 0 Å². The number of benzene rings is 1. The van der Waals surface area contributed by atoms with Gasteiger partial charge in [-0.05, 0) is 18.6 Å². The number of aromatic nitrogens is 1. The van der Waals surface area contributed by atoms with Crippen LogP contribution in [0.3, 0.4) is 0 Å². The summed E-state index contributed by atoms with van der Waals surface area (Å²) >= 11 is 11.8. The first-order valence-corrected chi connectivity index (χ1v) is 5.97. The van der Waals surface area contributed by atoms with Crippen LogP contribution < -0.4 is 5.73 Å². The van der Waals surface area contributed by atoms with E-state index in [2.05, 4.69) is 4.98 Å². The molecule has 0 fully saturated rings. The predicted molar refractivity (Wildman–Crippen MR) is 67.3 cm³/mol. The Balaban J connectivity index is 2.48. The first-order chi connectivity index (χ1) is 8.02. The molecule has 2 unspecified atom stereocenters. The lowest BCUT2D eigenvalue weighted by molar-refractivity contribution is 0.116. The number of halogens is 2. The Hall–Kier alpha value is -0.810. The molecular weight excluding hydrogens is 263 g/mol. The molecule has 2 rings (SSSR count). The number of hydrogen-bond donors (Lipinski definition) is 2. The predicted octanol–water partition coefficient (Wildman–Crippen LogP) is 2.91. The number of nitrogens with zero attached hydrogens (tertiary/aromatic N) is 1. The fourth-order valence-corrected chi connectivity index (χ4v) is 2.03. The maximum absolute atomic E-state index is 9.89. The Morgan fingerprint density at radius 3 is 2.82 bits per heavy atom. The molecule has 2 aromatic rings. The van der Waals surface area contributed by atoms with E-state index in [1.807, 2.05) is 6.92 Å². The Labute approximate surface area is 108 Å². The second kappa shape index (κ2) is 4.82. The van der Waals surface area contributed by atoms with Gasteiger partial charge < -0.3 is 15.3 Å². The third kappa shape index (κ3) is 2.40. The van der Waals surface area contributed by atoms with Gasteiger partial charge in [-0.1, -0.05) is 30.1 Å². The molecule has 6 heteroatoms. The summed E-state index contributed by atoms with van der Waals surface area (Å²) in [5.74, 6) is 0.165. The smallest absolute Gasteiger partial charge is 0.226 e. The Bertz CT molecular complexity index is 541. The molecule has 17 heavy (non-hydrogen) atoms. The summed E-state index contributed by atoms with van der Waals surface area (Å²) in [5.41, 5.74) is 6.65. The van der Waals surface area contributed by atoms with Crippen LogP contribution in [0.4, 0.5) is 0 Å². The van der Waals surface area contributed by atoms with Crippen molar-refractivity contribution in [2.24, 2.45) is 5.73 Å². The number of aliphatic hydroxyl groups is 1. The molecule has 0 bridgehead atoms. The number of hydrogen-bond acceptors (Lipinski definition) is 4. The summed E-state index contributed by atoms with van der Waals surface area (Å²) in [6.45, 7) is 1.88. The lowest BCUT2D eigenvalue weighted by atomic mass is 10.1. The van der Waals surface area contributed by atoms with Gasteiger partial charge in [0, 0.05) is 11.1 Å². The molecule has 1 heterocycles. The number of nitrogens with two attached hydrogens (primary N) is 1. The summed E-state index contributed by atoms with van der Waals surface area (Å²) in [4.78, 5) is 4.14. The third-order valence-corrected chi connectivity index (χ3v) is 3.05. The van der Waals surface area contributed by atoms with Crippen LogP contribution >= 0.6 is 23.2 Å². The minimum atomic E-state index is -0.942. The lowest BCUT2D eigenvalue weighted by Crippen LogP contribution is -2.27. The van der Waals surface area contributed by atoms with Crippen LogP contribution in [0.2, 0.25) is 10.0 Å². The Morgan fingerprint density at radius 1 is 1.47 bits per heavy atom. The van der Waals surface area contributed by atoms with Crippen LogP contribution in [0.1, 0.15) is 25.3 Å². The van der Waals surface area contributed by atoms with Gasteiger partial charge in [-0.15, -0.1) is 0 Å². The molecule has 4 nitrogen and oxygen atoms in total. The van der Waals surface area contributed by atoms with Crippen molar-refractivity contribution in [2.45, 2.75) is 25.5 Å². The topological polar surface area (TPSA) is 72.3 Å². The van der Waals surface area contributed by atoms with Crippen LogP contribution in [0.5, 0.6) is 0 Å². The van der Waals surface area contributed by atoms with E-state index in [4.69, 9.17) is 33.4 Å². The van der Waals surface area contributed by atoms with Crippen molar-refractivity contribution >= 4 is 34.3 Å². The molecule has 92 valence electrons. The summed E-state index contributed by atoms with van der Waals surface area (Å²) < 4.78 is 5.41. The van der Waals surface area contributed by atoms with Crippen LogP contribution in [0, 0.1) is 0 Å². The fraction of sp³-hybridized carbons (Fsp3) is 0.364. The van der Waals surface area contributed by atoms with Crippen molar-refractivity contribution in [2.75, 3.05) is 0 Å². The minimum Gasteiger partial charge on any atom is -0.436 e. The second-order valence-electron chi connectivity index (χ2n) is 3.80. The average Bonchev–Trinajstić information content (AvgIpc) is 2.70. The van der Waals surface area contributed by atoms with Gasteiger partial charge in [0.25, 0.3) is 0 Å². The molecule has 0 aliphatic carbocycles. The fourth-order valence-electron chi connectivity index (χ4n) is 1.51. The first kappa shape index (κ1) is 12.6. The van der Waals surface area contributed by atoms with Gasteiger partial charge >= 0.3 is 0 Å². The number of fused-ring (bicyclic) bond motifs is 1. The zero-order valence-electron chi connectivity index (χ0n) is 9.15. The molecule has 0 saturated carbocycles. The highest BCUT2D eigenvalue weighted by molar-refractivity contribution is 6.37. The van der Waals surface area contributed by atoms with Crippen molar-refractivity contribution in [3.8, 4) is 0 Å². The molecule has 3 N–H and O–H groups in total. The first-order valence-electron chi connectivity index (χ1n) is 5.22. The van der Waals surface area contributed by atoms with E-state index in [1.165, 1.54) is 0 Å². The van der Waals surface area contributed by atoms with Gasteiger partial charge in [0.2, 0.25) is 5.89 Å². The zero-order valence-corrected chi connectivity index (χ0v) is 10.7. The molecule has 2 atom stereocenters. The standard InChI is InChI=1S/C11H12Cl2N2O2/c1-2-7(14)9(16)11-15-8-4-5(12)3-6(13)10(8)17-11/h3-4,7,9,16H,2,14H2,1H3. The van der Waals surface area contributed by atoms with Crippen molar-refractivity contribution in [3.05, 3.63) is 28.1 Å². The van der Waals surface area contributed by atoms with Crippen LogP contribution in [0.15, 0.2) is 16.5 Å². The summed E-state index contributed by atoms with van der Waals surface area (Å²) in [6, 6.07) is 2.77. The summed E-state index contributed by atoms with van der Waals surface area (Å²) in [6.07, 6.45) is -0.323. The highest BCUT2D eigenvalue weighted by atomic mass is 35.5. The highest BCUT2D eigenvalue weighted by Crippen LogP contribution is 2.30. The summed E-state index contributed by atoms with van der Waals surface area (Å²) in [7, 11) is 0. The SMILES string of the molecule is CCC(N)C(O)c1nc2cc(Cl)cc(Cl)c2o1. The average molecular weight is 275 g/mol. The van der Waals surface area contributed by atoms with Crippen molar-refractivity contribution in [3.63, 3.8) is 0 Å². The zero-order chi connectivity index (χ0) is 12.6. The third-order valence-electron chi connectivity index (χ3n) is 2.56. The van der Waals surface area contributed by atoms with Crippen LogP contribution in [0.25, 0.3) is 11.1 Å². The van der Waals surface area contributed by atoms with E-state index >= 15 is 0 Å². The molecular formula is C11H12Cl2N2O2. The molecule has 0 aliphatic heterocycles. The molecule has 0 saturated heterocycles. The van der Waals surface area contributed by atoms with Crippen LogP contribution in [-0.4, -0.2) is 16.1 Å². The Kier molecular flexibility index (Phi) is 3.58. The van der Waals surface area contributed by atoms with Gasteiger partial charge in [0.15, 0.2) is 5.58 Å². The van der Waals surface area contributed by atoms with E-state index in [-0.39, 0.29) is 5.89 Å². The van der Waals surface area contributed by atoms with E-state index in [1.54, 1.807) is 12.1 Å². The Morgan fingerprint density at radius 2 is 2.18 bits per heavy atom. The monoisotopic (exact) mass is 274 g/mol. The second-order valence-corrected chi connectivity index (χ2v) is 4.65. The van der Waals surface area contributed by atoms with Crippen molar-refractivity contribution in [1.82, 2.24) is 4.98 Å². The molecule has 1 aromatic heterocycles. The molecule has 0 spiro atoms. The number of rotatable bonds is 3. The normalized spacial score (nSPS) is 15.1. The molecule has 1 aromatic carbocycles. The van der Waals surface area contributed by atoms with E-state index in [9.17, 15) is 5.11 Å². The van der Waals surface area contributed by atoms with Crippen molar-refractivity contribution < 1.29 is 9.52 Å². The molecule has 0 aliphatic rings. The maximum Gasteiger partial charge on any atom is 0.226 e. The minimum absolute atomic E-state index is 0.165. The van der Waals surface area contributed by atoms with Crippen molar-refractivity contribution in [1.29, 1.82) is 0 Å². The van der Waals surface area contributed by atoms with Gasteiger partial charge in [0.1, 0.15) is 11.6 Å². The largest absolute Gasteiger partial charge is 0.436 e. The lowest BCUT2D eigenvalue weighted by Gasteiger charge is -2.12. The maximum atomic E-state index is 9.89. The highest BCUT2D eigenvalue weighted by Gasteiger charge is 2.22. The molecule has 0 radical (unpaired) electrons. The van der Waals surface area contributed by atoms with Gasteiger partial charge in [-0.25, -0.2) is 4.98 Å².